The Labute approximate surface area is 333 Å². The Balaban J connectivity index is 0.949. The number of rotatable bonds is 5. The number of pyridine rings is 1. The van der Waals surface area contributed by atoms with E-state index in [1.165, 1.54) is 33.2 Å². The van der Waals surface area contributed by atoms with Gasteiger partial charge in [-0.15, -0.1) is 0 Å². The molecule has 2 aliphatic rings. The number of aliphatic imine (C=N–C) groups is 2. The van der Waals surface area contributed by atoms with Gasteiger partial charge in [0.1, 0.15) is 34.3 Å². The lowest BCUT2D eigenvalue weighted by molar-refractivity contribution is 0.668. The highest BCUT2D eigenvalue weighted by molar-refractivity contribution is 6.14. The Morgan fingerprint density at radius 1 is 0.517 bits per heavy atom. The first kappa shape index (κ1) is 32.7. The third-order valence-electron chi connectivity index (χ3n) is 11.8. The summed E-state index contributed by atoms with van der Waals surface area (Å²) in [5.41, 5.74) is 14.9. The van der Waals surface area contributed by atoms with Crippen LogP contribution in [0.5, 0.6) is 0 Å². The maximum atomic E-state index is 6.51. The predicted molar refractivity (Wildman–Crippen MR) is 233 cm³/mol. The standard InChI is InChI=1S/C52H34N4O2/c1-3-11-32(12-4-1)50-54-51(33-13-5-2-6-14-33)56-52(55-50)34-21-19-31(20-22-34)49-48-42-29-35(23-25-44(42)58-46(48)27-28-53-49)40-30-41-38(36-15-7-8-16-37(36)40)24-26-45-47(41)39-17-9-10-18-43(39)57-45/h1-29,40,50H,30H2,(H,54,55,56). The zero-order valence-corrected chi connectivity index (χ0v) is 31.3. The summed E-state index contributed by atoms with van der Waals surface area (Å²) in [6.45, 7) is 0. The maximum absolute atomic E-state index is 6.51. The molecule has 0 amide bonds. The minimum absolute atomic E-state index is 0.142. The number of para-hydroxylation sites is 1. The third kappa shape index (κ3) is 5.22. The Morgan fingerprint density at radius 2 is 1.22 bits per heavy atom. The average molecular weight is 747 g/mol. The molecule has 0 saturated carbocycles. The number of nitrogens with zero attached hydrogens (tertiary/aromatic N) is 3. The molecular formula is C52H34N4O2. The van der Waals surface area contributed by atoms with E-state index < -0.39 is 0 Å². The van der Waals surface area contributed by atoms with Gasteiger partial charge in [-0.05, 0) is 70.1 Å². The molecule has 6 heteroatoms. The Kier molecular flexibility index (Phi) is 7.32. The average Bonchev–Trinajstić information content (AvgIpc) is 3.88. The van der Waals surface area contributed by atoms with Crippen LogP contribution in [0.2, 0.25) is 0 Å². The van der Waals surface area contributed by atoms with E-state index >= 15 is 0 Å². The van der Waals surface area contributed by atoms with Gasteiger partial charge in [0.15, 0.2) is 5.84 Å². The van der Waals surface area contributed by atoms with E-state index in [0.29, 0.717) is 5.84 Å². The molecule has 12 rings (SSSR count). The van der Waals surface area contributed by atoms with Crippen molar-refractivity contribution in [1.29, 1.82) is 0 Å². The van der Waals surface area contributed by atoms with E-state index in [9.17, 15) is 0 Å². The molecule has 0 fully saturated rings. The van der Waals surface area contributed by atoms with Crippen molar-refractivity contribution < 1.29 is 8.83 Å². The molecule has 2 atom stereocenters. The number of amidine groups is 2. The smallest absolute Gasteiger partial charge is 0.159 e. The van der Waals surface area contributed by atoms with Crippen LogP contribution in [0.15, 0.2) is 195 Å². The SMILES string of the molecule is c1ccc(C2=NC(c3ccc(-c4nccc5oc6ccc(C7Cc8c(ccc9oc%10ccccc%10c89)-c8ccccc87)cc6c45)cc3)=NC(c3ccccc3)N2)cc1. The highest BCUT2D eigenvalue weighted by Crippen LogP contribution is 2.48. The summed E-state index contributed by atoms with van der Waals surface area (Å²) < 4.78 is 12.9. The van der Waals surface area contributed by atoms with E-state index in [0.717, 1.165) is 78.7 Å². The molecule has 0 bridgehead atoms. The molecule has 0 spiro atoms. The van der Waals surface area contributed by atoms with Gasteiger partial charge in [0.25, 0.3) is 0 Å². The second-order valence-electron chi connectivity index (χ2n) is 15.1. The second kappa shape index (κ2) is 13.0. The second-order valence-corrected chi connectivity index (χ2v) is 15.1. The van der Waals surface area contributed by atoms with Crippen molar-refractivity contribution in [2.45, 2.75) is 18.5 Å². The zero-order valence-electron chi connectivity index (χ0n) is 31.3. The van der Waals surface area contributed by atoms with Crippen LogP contribution < -0.4 is 5.32 Å². The van der Waals surface area contributed by atoms with Gasteiger partial charge in [-0.1, -0.05) is 140 Å². The van der Waals surface area contributed by atoms with Gasteiger partial charge in [0.05, 0.1) is 11.1 Å². The number of fused-ring (bicyclic) bond motifs is 10. The van der Waals surface area contributed by atoms with E-state index in [1.54, 1.807) is 0 Å². The molecule has 6 nitrogen and oxygen atoms in total. The summed E-state index contributed by atoms with van der Waals surface area (Å²) in [6.07, 6.45) is 2.43. The van der Waals surface area contributed by atoms with Gasteiger partial charge in [-0.3, -0.25) is 4.98 Å². The van der Waals surface area contributed by atoms with Crippen LogP contribution in [0.4, 0.5) is 0 Å². The molecule has 7 aromatic carbocycles. The fourth-order valence-electron chi connectivity index (χ4n) is 9.09. The normalized spacial score (nSPS) is 16.2. The number of benzene rings is 7. The summed E-state index contributed by atoms with van der Waals surface area (Å²) in [5, 5.41) is 7.99. The Bertz CT molecular complexity index is 3290. The quantitative estimate of drug-likeness (QED) is 0.190. The fraction of sp³-hybridized carbons (Fsp3) is 0.0577. The summed E-state index contributed by atoms with van der Waals surface area (Å²) in [4.78, 5) is 15.1. The summed E-state index contributed by atoms with van der Waals surface area (Å²) >= 11 is 0. The molecule has 1 aliphatic heterocycles. The first-order chi connectivity index (χ1) is 28.7. The van der Waals surface area contributed by atoms with Crippen LogP contribution in [0.3, 0.4) is 0 Å². The molecular weight excluding hydrogens is 713 g/mol. The van der Waals surface area contributed by atoms with Crippen LogP contribution in [0.25, 0.3) is 66.3 Å². The largest absolute Gasteiger partial charge is 0.456 e. The molecule has 58 heavy (non-hydrogen) atoms. The van der Waals surface area contributed by atoms with Gasteiger partial charge in [0, 0.05) is 45.0 Å². The van der Waals surface area contributed by atoms with Gasteiger partial charge < -0.3 is 14.2 Å². The summed E-state index contributed by atoms with van der Waals surface area (Å²) in [6, 6.07) is 59.2. The number of aromatic nitrogens is 1. The first-order valence-corrected chi connectivity index (χ1v) is 19.7. The van der Waals surface area contributed by atoms with Gasteiger partial charge in [0.2, 0.25) is 0 Å². The van der Waals surface area contributed by atoms with E-state index in [4.69, 9.17) is 23.8 Å². The highest BCUT2D eigenvalue weighted by Gasteiger charge is 2.29. The number of furan rings is 2. The van der Waals surface area contributed by atoms with Crippen LogP contribution in [-0.2, 0) is 6.42 Å². The zero-order chi connectivity index (χ0) is 38.2. The van der Waals surface area contributed by atoms with Crippen molar-refractivity contribution in [3.05, 3.63) is 209 Å². The molecule has 1 N–H and O–H groups in total. The molecule has 0 radical (unpaired) electrons. The van der Waals surface area contributed by atoms with Crippen molar-refractivity contribution in [3.8, 4) is 22.4 Å². The van der Waals surface area contributed by atoms with Gasteiger partial charge in [-0.25, -0.2) is 9.98 Å². The topological polar surface area (TPSA) is 75.9 Å². The number of hydrogen-bond acceptors (Lipinski definition) is 6. The Morgan fingerprint density at radius 3 is 2.09 bits per heavy atom. The first-order valence-electron chi connectivity index (χ1n) is 19.7. The lowest BCUT2D eigenvalue weighted by Crippen LogP contribution is -2.33. The molecule has 274 valence electrons. The van der Waals surface area contributed by atoms with E-state index in [1.807, 2.05) is 54.7 Å². The minimum atomic E-state index is -0.264. The minimum Gasteiger partial charge on any atom is -0.456 e. The van der Waals surface area contributed by atoms with Crippen LogP contribution in [-0.4, -0.2) is 16.7 Å². The Hall–Kier alpha value is -7.57. The van der Waals surface area contributed by atoms with Gasteiger partial charge >= 0.3 is 0 Å². The van der Waals surface area contributed by atoms with Crippen LogP contribution in [0.1, 0.15) is 45.5 Å². The lowest BCUT2D eigenvalue weighted by Gasteiger charge is -2.29. The van der Waals surface area contributed by atoms with Crippen molar-refractivity contribution in [2.75, 3.05) is 0 Å². The van der Waals surface area contributed by atoms with Crippen molar-refractivity contribution in [1.82, 2.24) is 10.3 Å². The molecule has 4 heterocycles. The van der Waals surface area contributed by atoms with Crippen LogP contribution >= 0.6 is 0 Å². The van der Waals surface area contributed by atoms with Gasteiger partial charge in [-0.2, -0.15) is 0 Å². The van der Waals surface area contributed by atoms with Crippen molar-refractivity contribution in [2.24, 2.45) is 9.98 Å². The molecule has 10 aromatic rings. The number of nitrogens with one attached hydrogen (secondary N) is 1. The summed E-state index contributed by atoms with van der Waals surface area (Å²) in [7, 11) is 0. The predicted octanol–water partition coefficient (Wildman–Crippen LogP) is 12.4. The maximum Gasteiger partial charge on any atom is 0.159 e. The number of hydrogen-bond donors (Lipinski definition) is 1. The van der Waals surface area contributed by atoms with Crippen LogP contribution in [0, 0.1) is 0 Å². The molecule has 1 aliphatic carbocycles. The molecule has 0 saturated heterocycles. The lowest BCUT2D eigenvalue weighted by atomic mass is 9.74. The van der Waals surface area contributed by atoms with E-state index in [-0.39, 0.29) is 12.1 Å². The summed E-state index contributed by atoms with van der Waals surface area (Å²) in [5.74, 6) is 1.61. The monoisotopic (exact) mass is 746 g/mol. The molecule has 2 unspecified atom stereocenters. The fourth-order valence-corrected chi connectivity index (χ4v) is 9.09. The molecule has 3 aromatic heterocycles. The highest BCUT2D eigenvalue weighted by atomic mass is 16.3. The van der Waals surface area contributed by atoms with E-state index in [2.05, 4.69) is 127 Å². The third-order valence-corrected chi connectivity index (χ3v) is 11.8. The van der Waals surface area contributed by atoms with Crippen molar-refractivity contribution in [3.63, 3.8) is 0 Å². The van der Waals surface area contributed by atoms with Crippen molar-refractivity contribution >= 4 is 55.5 Å².